The van der Waals surface area contributed by atoms with Gasteiger partial charge in [0, 0.05) is 6.04 Å². The van der Waals surface area contributed by atoms with Gasteiger partial charge in [-0.1, -0.05) is 36.6 Å². The Morgan fingerprint density at radius 1 is 1.24 bits per heavy atom. The third-order valence-corrected chi connectivity index (χ3v) is 3.89. The van der Waals surface area contributed by atoms with Crippen LogP contribution in [-0.4, -0.2) is 24.0 Å². The summed E-state index contributed by atoms with van der Waals surface area (Å²) in [4.78, 5) is 23.8. The Balaban J connectivity index is 1.81. The quantitative estimate of drug-likeness (QED) is 0.800. The molecule has 3 N–H and O–H groups in total. The van der Waals surface area contributed by atoms with Crippen LogP contribution in [0, 0.1) is 0 Å². The van der Waals surface area contributed by atoms with E-state index in [9.17, 15) is 9.59 Å². The third-order valence-electron chi connectivity index (χ3n) is 3.56. The number of halogens is 1. The molecule has 3 amide bonds. The van der Waals surface area contributed by atoms with Gasteiger partial charge in [0.25, 0.3) is 0 Å². The predicted molar refractivity (Wildman–Crippen MR) is 83.5 cm³/mol. The van der Waals surface area contributed by atoms with E-state index in [0.29, 0.717) is 10.7 Å². The van der Waals surface area contributed by atoms with E-state index in [1.165, 1.54) is 0 Å². The summed E-state index contributed by atoms with van der Waals surface area (Å²) in [6.07, 6.45) is 4.34. The van der Waals surface area contributed by atoms with Crippen molar-refractivity contribution in [2.45, 2.75) is 44.7 Å². The van der Waals surface area contributed by atoms with E-state index < -0.39 is 12.1 Å². The van der Waals surface area contributed by atoms with Crippen LogP contribution in [0.5, 0.6) is 0 Å². The molecule has 0 aromatic heterocycles. The normalized spacial score (nSPS) is 16.3. The fraction of sp³-hybridized carbons (Fsp3) is 0.467. The zero-order valence-electron chi connectivity index (χ0n) is 12.0. The largest absolute Gasteiger partial charge is 0.352 e. The number of anilines is 1. The lowest BCUT2D eigenvalue weighted by molar-refractivity contribution is -0.123. The van der Waals surface area contributed by atoms with E-state index in [2.05, 4.69) is 16.0 Å². The number of amides is 3. The fourth-order valence-corrected chi connectivity index (χ4v) is 2.56. The van der Waals surface area contributed by atoms with E-state index in [4.69, 9.17) is 11.6 Å². The van der Waals surface area contributed by atoms with E-state index in [1.807, 2.05) is 0 Å². The number of carbonyl (C=O) groups is 2. The number of carbonyl (C=O) groups excluding carboxylic acids is 2. The van der Waals surface area contributed by atoms with Crippen molar-refractivity contribution in [3.63, 3.8) is 0 Å². The molecule has 2 rings (SSSR count). The first kappa shape index (κ1) is 15.6. The topological polar surface area (TPSA) is 70.2 Å². The Morgan fingerprint density at radius 3 is 2.57 bits per heavy atom. The molecule has 6 heteroatoms. The van der Waals surface area contributed by atoms with Crippen LogP contribution in [0.1, 0.15) is 32.6 Å². The average Bonchev–Trinajstić information content (AvgIpc) is 2.94. The van der Waals surface area contributed by atoms with Gasteiger partial charge in [0.1, 0.15) is 6.04 Å². The third kappa shape index (κ3) is 4.63. The van der Waals surface area contributed by atoms with Crippen LogP contribution in [-0.2, 0) is 4.79 Å². The summed E-state index contributed by atoms with van der Waals surface area (Å²) in [5, 5.41) is 8.64. The van der Waals surface area contributed by atoms with Crippen molar-refractivity contribution in [1.29, 1.82) is 0 Å². The summed E-state index contributed by atoms with van der Waals surface area (Å²) < 4.78 is 0. The SMILES string of the molecule is C[C@@H](NC(=O)Nc1ccccc1Cl)C(=O)NC1CCCC1. The maximum atomic E-state index is 12.0. The van der Waals surface area contributed by atoms with Gasteiger partial charge in [-0.25, -0.2) is 4.79 Å². The summed E-state index contributed by atoms with van der Waals surface area (Å²) >= 11 is 5.96. The maximum absolute atomic E-state index is 12.0. The second-order valence-corrected chi connectivity index (χ2v) is 5.70. The van der Waals surface area contributed by atoms with Gasteiger partial charge in [0.15, 0.2) is 0 Å². The molecule has 0 unspecified atom stereocenters. The minimum absolute atomic E-state index is 0.156. The molecule has 1 aromatic carbocycles. The number of hydrogen-bond donors (Lipinski definition) is 3. The second kappa shape index (κ2) is 7.31. The molecule has 5 nitrogen and oxygen atoms in total. The van der Waals surface area contributed by atoms with Gasteiger partial charge in [-0.15, -0.1) is 0 Å². The van der Waals surface area contributed by atoms with Crippen LogP contribution in [0.2, 0.25) is 5.02 Å². The van der Waals surface area contributed by atoms with E-state index in [0.717, 1.165) is 25.7 Å². The zero-order chi connectivity index (χ0) is 15.2. The molecular weight excluding hydrogens is 290 g/mol. The zero-order valence-corrected chi connectivity index (χ0v) is 12.7. The molecule has 114 valence electrons. The number of hydrogen-bond acceptors (Lipinski definition) is 2. The summed E-state index contributed by atoms with van der Waals surface area (Å²) in [6, 6.07) is 6.15. The van der Waals surface area contributed by atoms with Crippen molar-refractivity contribution in [2.75, 3.05) is 5.32 Å². The number of para-hydroxylation sites is 1. The first-order valence-electron chi connectivity index (χ1n) is 7.18. The molecule has 1 fully saturated rings. The Hall–Kier alpha value is -1.75. The molecule has 1 atom stereocenters. The van der Waals surface area contributed by atoms with Crippen molar-refractivity contribution in [3.8, 4) is 0 Å². The van der Waals surface area contributed by atoms with Gasteiger partial charge < -0.3 is 16.0 Å². The standard InChI is InChI=1S/C15H20ClN3O2/c1-10(14(20)18-11-6-2-3-7-11)17-15(21)19-13-9-5-4-8-12(13)16/h4-5,8-11H,2-3,6-7H2,1H3,(H,18,20)(H2,17,19,21)/t10-/m1/s1. The highest BCUT2D eigenvalue weighted by Crippen LogP contribution is 2.20. The molecule has 1 aliphatic carbocycles. The van der Waals surface area contributed by atoms with Gasteiger partial charge in [-0.3, -0.25) is 4.79 Å². The van der Waals surface area contributed by atoms with Gasteiger partial charge in [0.2, 0.25) is 5.91 Å². The Labute approximate surface area is 129 Å². The number of urea groups is 1. The second-order valence-electron chi connectivity index (χ2n) is 5.29. The first-order valence-corrected chi connectivity index (χ1v) is 7.56. The van der Waals surface area contributed by atoms with E-state index in [-0.39, 0.29) is 11.9 Å². The Bertz CT molecular complexity index is 515. The summed E-state index contributed by atoms with van der Waals surface area (Å²) in [6.45, 7) is 1.66. The highest BCUT2D eigenvalue weighted by molar-refractivity contribution is 6.33. The van der Waals surface area contributed by atoms with Crippen LogP contribution in [0.4, 0.5) is 10.5 Å². The van der Waals surface area contributed by atoms with E-state index >= 15 is 0 Å². The lowest BCUT2D eigenvalue weighted by Gasteiger charge is -2.18. The van der Waals surface area contributed by atoms with Gasteiger partial charge in [-0.05, 0) is 31.9 Å². The molecule has 1 saturated carbocycles. The van der Waals surface area contributed by atoms with Crippen LogP contribution in [0.3, 0.4) is 0 Å². The molecule has 1 aromatic rings. The number of benzene rings is 1. The number of nitrogens with one attached hydrogen (secondary N) is 3. The molecule has 1 aliphatic rings. The molecule has 0 saturated heterocycles. The fourth-order valence-electron chi connectivity index (χ4n) is 2.38. The molecule has 0 radical (unpaired) electrons. The van der Waals surface area contributed by atoms with Crippen molar-refractivity contribution < 1.29 is 9.59 Å². The molecule has 0 bridgehead atoms. The highest BCUT2D eigenvalue weighted by Gasteiger charge is 2.21. The van der Waals surface area contributed by atoms with E-state index in [1.54, 1.807) is 31.2 Å². The summed E-state index contributed by atoms with van der Waals surface area (Å²) in [7, 11) is 0. The average molecular weight is 310 g/mol. The molecular formula is C15H20ClN3O2. The maximum Gasteiger partial charge on any atom is 0.319 e. The van der Waals surface area contributed by atoms with Crippen LogP contribution < -0.4 is 16.0 Å². The van der Waals surface area contributed by atoms with Gasteiger partial charge in [-0.2, -0.15) is 0 Å². The van der Waals surface area contributed by atoms with Crippen LogP contribution in [0.15, 0.2) is 24.3 Å². The lowest BCUT2D eigenvalue weighted by Crippen LogP contribution is -2.48. The van der Waals surface area contributed by atoms with Crippen LogP contribution >= 0.6 is 11.6 Å². The minimum Gasteiger partial charge on any atom is -0.352 e. The molecule has 0 heterocycles. The van der Waals surface area contributed by atoms with Crippen molar-refractivity contribution >= 4 is 29.2 Å². The smallest absolute Gasteiger partial charge is 0.319 e. The summed E-state index contributed by atoms with van der Waals surface area (Å²) in [5.74, 6) is -0.156. The number of rotatable bonds is 4. The molecule has 0 spiro atoms. The predicted octanol–water partition coefficient (Wildman–Crippen LogP) is 2.91. The Kier molecular flexibility index (Phi) is 5.44. The Morgan fingerprint density at radius 2 is 1.90 bits per heavy atom. The van der Waals surface area contributed by atoms with Crippen LogP contribution in [0.25, 0.3) is 0 Å². The lowest BCUT2D eigenvalue weighted by atomic mass is 10.2. The molecule has 21 heavy (non-hydrogen) atoms. The van der Waals surface area contributed by atoms with Crippen molar-refractivity contribution in [3.05, 3.63) is 29.3 Å². The highest BCUT2D eigenvalue weighted by atomic mass is 35.5. The van der Waals surface area contributed by atoms with Gasteiger partial charge in [0.05, 0.1) is 10.7 Å². The minimum atomic E-state index is -0.590. The first-order chi connectivity index (χ1) is 10.1. The van der Waals surface area contributed by atoms with Gasteiger partial charge >= 0.3 is 6.03 Å². The summed E-state index contributed by atoms with van der Waals surface area (Å²) in [5.41, 5.74) is 0.514. The van der Waals surface area contributed by atoms with Crippen molar-refractivity contribution in [1.82, 2.24) is 10.6 Å². The monoisotopic (exact) mass is 309 g/mol. The molecule has 0 aliphatic heterocycles. The van der Waals surface area contributed by atoms with Crippen molar-refractivity contribution in [2.24, 2.45) is 0 Å².